The quantitative estimate of drug-likeness (QED) is 0.753. The first-order chi connectivity index (χ1) is 9.79. The van der Waals surface area contributed by atoms with Crippen LogP contribution >= 0.6 is 0 Å². The Morgan fingerprint density at radius 1 is 1.05 bits per heavy atom. The van der Waals surface area contributed by atoms with Crippen LogP contribution in [0.4, 0.5) is 0 Å². The van der Waals surface area contributed by atoms with Crippen LogP contribution in [-0.4, -0.2) is 36.5 Å². The van der Waals surface area contributed by atoms with Gasteiger partial charge in [0.2, 0.25) is 0 Å². The molecule has 0 aliphatic heterocycles. The fraction of sp³-hybridized carbons (Fsp3) is 1.00. The summed E-state index contributed by atoms with van der Waals surface area (Å²) in [6, 6.07) is 0.609. The zero-order chi connectivity index (χ0) is 14.2. The Morgan fingerprint density at radius 2 is 1.75 bits per heavy atom. The van der Waals surface area contributed by atoms with Crippen molar-refractivity contribution in [1.82, 2.24) is 5.32 Å². The highest BCUT2D eigenvalue weighted by molar-refractivity contribution is 4.81. The monoisotopic (exact) mass is 283 g/mol. The first-order valence-corrected chi connectivity index (χ1v) is 8.82. The van der Waals surface area contributed by atoms with Gasteiger partial charge in [0.15, 0.2) is 0 Å². The van der Waals surface area contributed by atoms with Crippen LogP contribution in [0.15, 0.2) is 0 Å². The number of ether oxygens (including phenoxy) is 1. The predicted octanol–water partition coefficient (Wildman–Crippen LogP) is 3.26. The molecular formula is C17H33NO2. The summed E-state index contributed by atoms with van der Waals surface area (Å²) in [5.41, 5.74) is 0. The molecule has 3 unspecified atom stereocenters. The highest BCUT2D eigenvalue weighted by Crippen LogP contribution is 2.26. The van der Waals surface area contributed by atoms with E-state index >= 15 is 0 Å². The minimum Gasteiger partial charge on any atom is -0.389 e. The van der Waals surface area contributed by atoms with Crippen molar-refractivity contribution in [2.45, 2.75) is 89.4 Å². The molecule has 2 aliphatic rings. The Kier molecular flexibility index (Phi) is 7.32. The summed E-state index contributed by atoms with van der Waals surface area (Å²) in [7, 11) is 0. The number of nitrogens with one attached hydrogen (secondary N) is 1. The lowest BCUT2D eigenvalue weighted by Crippen LogP contribution is -2.43. The summed E-state index contributed by atoms with van der Waals surface area (Å²) >= 11 is 0. The maximum absolute atomic E-state index is 10.1. The first kappa shape index (κ1) is 16.3. The molecule has 0 bridgehead atoms. The molecule has 0 spiro atoms. The summed E-state index contributed by atoms with van der Waals surface area (Å²) in [5, 5.41) is 13.7. The molecule has 3 nitrogen and oxygen atoms in total. The van der Waals surface area contributed by atoms with E-state index in [4.69, 9.17) is 4.74 Å². The maximum atomic E-state index is 10.1. The van der Waals surface area contributed by atoms with Gasteiger partial charge in [-0.15, -0.1) is 0 Å². The molecule has 3 heteroatoms. The van der Waals surface area contributed by atoms with Crippen molar-refractivity contribution in [3.63, 3.8) is 0 Å². The zero-order valence-electron chi connectivity index (χ0n) is 13.2. The second-order valence-corrected chi connectivity index (χ2v) is 6.71. The number of aliphatic hydroxyl groups excluding tert-OH is 1. The SMILES string of the molecule is CCC1CCCCC1NCC(O)COC1CCCCC1. The van der Waals surface area contributed by atoms with E-state index in [1.54, 1.807) is 0 Å². The maximum Gasteiger partial charge on any atom is 0.0897 e. The zero-order valence-corrected chi connectivity index (χ0v) is 13.2. The van der Waals surface area contributed by atoms with Crippen molar-refractivity contribution >= 4 is 0 Å². The molecule has 2 N–H and O–H groups in total. The first-order valence-electron chi connectivity index (χ1n) is 8.82. The molecule has 2 fully saturated rings. The van der Waals surface area contributed by atoms with E-state index in [1.165, 1.54) is 64.2 Å². The van der Waals surface area contributed by atoms with Crippen LogP contribution in [0, 0.1) is 5.92 Å². The van der Waals surface area contributed by atoms with E-state index in [1.807, 2.05) is 0 Å². The van der Waals surface area contributed by atoms with Gasteiger partial charge < -0.3 is 15.2 Å². The molecule has 0 saturated heterocycles. The third-order valence-electron chi connectivity index (χ3n) is 5.13. The Bertz CT molecular complexity index is 253. The molecule has 2 saturated carbocycles. The summed E-state index contributed by atoms with van der Waals surface area (Å²) < 4.78 is 5.85. The Hall–Kier alpha value is -0.120. The smallest absolute Gasteiger partial charge is 0.0897 e. The molecule has 0 aromatic heterocycles. The number of hydrogen-bond acceptors (Lipinski definition) is 3. The van der Waals surface area contributed by atoms with Crippen LogP contribution in [0.2, 0.25) is 0 Å². The number of rotatable bonds is 7. The van der Waals surface area contributed by atoms with Gasteiger partial charge in [0.05, 0.1) is 18.8 Å². The van der Waals surface area contributed by atoms with E-state index in [0.29, 0.717) is 25.3 Å². The lowest BCUT2D eigenvalue weighted by molar-refractivity contribution is -0.0244. The average Bonchev–Trinajstić information content (AvgIpc) is 2.52. The van der Waals surface area contributed by atoms with Gasteiger partial charge in [0, 0.05) is 12.6 Å². The van der Waals surface area contributed by atoms with Crippen LogP contribution < -0.4 is 5.32 Å². The standard InChI is InChI=1S/C17H33NO2/c1-2-14-8-6-7-11-17(14)18-12-15(19)13-20-16-9-4-3-5-10-16/h14-19H,2-13H2,1H3. The summed E-state index contributed by atoms with van der Waals surface area (Å²) in [6.07, 6.45) is 12.9. The van der Waals surface area contributed by atoms with Gasteiger partial charge in [-0.25, -0.2) is 0 Å². The summed E-state index contributed by atoms with van der Waals surface area (Å²) in [6.45, 7) is 3.47. The van der Waals surface area contributed by atoms with Gasteiger partial charge in [-0.1, -0.05) is 45.4 Å². The predicted molar refractivity (Wildman–Crippen MR) is 82.9 cm³/mol. The normalized spacial score (nSPS) is 30.3. The van der Waals surface area contributed by atoms with E-state index in [0.717, 1.165) is 5.92 Å². The van der Waals surface area contributed by atoms with Crippen molar-refractivity contribution < 1.29 is 9.84 Å². The van der Waals surface area contributed by atoms with Gasteiger partial charge in [-0.3, -0.25) is 0 Å². The topological polar surface area (TPSA) is 41.5 Å². The van der Waals surface area contributed by atoms with Gasteiger partial charge >= 0.3 is 0 Å². The number of aliphatic hydroxyl groups is 1. The van der Waals surface area contributed by atoms with Crippen LogP contribution in [-0.2, 0) is 4.74 Å². The summed E-state index contributed by atoms with van der Waals surface area (Å²) in [4.78, 5) is 0. The van der Waals surface area contributed by atoms with E-state index in [2.05, 4.69) is 12.2 Å². The minimum absolute atomic E-state index is 0.351. The van der Waals surface area contributed by atoms with Crippen molar-refractivity contribution in [1.29, 1.82) is 0 Å². The second-order valence-electron chi connectivity index (χ2n) is 6.71. The van der Waals surface area contributed by atoms with Crippen LogP contribution in [0.3, 0.4) is 0 Å². The average molecular weight is 283 g/mol. The molecule has 0 aromatic rings. The lowest BCUT2D eigenvalue weighted by atomic mass is 9.83. The molecule has 0 heterocycles. The van der Waals surface area contributed by atoms with Crippen LogP contribution in [0.25, 0.3) is 0 Å². The highest BCUT2D eigenvalue weighted by Gasteiger charge is 2.24. The Labute approximate surface area is 124 Å². The Balaban J connectivity index is 1.59. The van der Waals surface area contributed by atoms with Crippen molar-refractivity contribution in [3.8, 4) is 0 Å². The molecule has 3 atom stereocenters. The van der Waals surface area contributed by atoms with Crippen molar-refractivity contribution in [3.05, 3.63) is 0 Å². The lowest BCUT2D eigenvalue weighted by Gasteiger charge is -2.32. The molecule has 118 valence electrons. The minimum atomic E-state index is -0.351. The molecule has 2 rings (SSSR count). The van der Waals surface area contributed by atoms with Gasteiger partial charge in [0.25, 0.3) is 0 Å². The molecular weight excluding hydrogens is 250 g/mol. The van der Waals surface area contributed by atoms with Gasteiger partial charge in [-0.2, -0.15) is 0 Å². The molecule has 0 radical (unpaired) electrons. The van der Waals surface area contributed by atoms with E-state index in [-0.39, 0.29) is 6.10 Å². The fourth-order valence-electron chi connectivity index (χ4n) is 3.79. The third kappa shape index (κ3) is 5.34. The summed E-state index contributed by atoms with van der Waals surface area (Å²) in [5.74, 6) is 0.801. The van der Waals surface area contributed by atoms with Gasteiger partial charge in [0.1, 0.15) is 0 Å². The largest absolute Gasteiger partial charge is 0.389 e. The Morgan fingerprint density at radius 3 is 2.50 bits per heavy atom. The third-order valence-corrected chi connectivity index (χ3v) is 5.13. The molecule has 0 amide bonds. The van der Waals surface area contributed by atoms with Crippen molar-refractivity contribution in [2.75, 3.05) is 13.2 Å². The fourth-order valence-corrected chi connectivity index (χ4v) is 3.79. The van der Waals surface area contributed by atoms with E-state index in [9.17, 15) is 5.11 Å². The van der Waals surface area contributed by atoms with Crippen molar-refractivity contribution in [2.24, 2.45) is 5.92 Å². The molecule has 20 heavy (non-hydrogen) atoms. The van der Waals surface area contributed by atoms with Crippen LogP contribution in [0.1, 0.15) is 71.1 Å². The highest BCUT2D eigenvalue weighted by atomic mass is 16.5. The second kappa shape index (κ2) is 9.01. The van der Waals surface area contributed by atoms with E-state index < -0.39 is 0 Å². The van der Waals surface area contributed by atoms with Crippen LogP contribution in [0.5, 0.6) is 0 Å². The molecule has 2 aliphatic carbocycles. The molecule has 0 aromatic carbocycles. The number of hydrogen-bond donors (Lipinski definition) is 2. The van der Waals surface area contributed by atoms with Gasteiger partial charge in [-0.05, 0) is 31.6 Å².